The van der Waals surface area contributed by atoms with Gasteiger partial charge in [0.1, 0.15) is 11.5 Å². The van der Waals surface area contributed by atoms with E-state index >= 15 is 0 Å². The fourth-order valence-corrected chi connectivity index (χ4v) is 2.29. The van der Waals surface area contributed by atoms with Crippen molar-refractivity contribution >= 4 is 15.9 Å². The Morgan fingerprint density at radius 3 is 2.24 bits per heavy atom. The number of hydrogen-bond acceptors (Lipinski definition) is 3. The van der Waals surface area contributed by atoms with Crippen molar-refractivity contribution < 1.29 is 9.47 Å². The van der Waals surface area contributed by atoms with Gasteiger partial charge in [-0.15, -0.1) is 0 Å². The highest BCUT2D eigenvalue weighted by Gasteiger charge is 2.16. The molecule has 0 saturated carbocycles. The molecule has 0 bridgehead atoms. The third kappa shape index (κ3) is 3.61. The molecule has 0 aromatic heterocycles. The van der Waals surface area contributed by atoms with E-state index in [2.05, 4.69) is 29.8 Å². The summed E-state index contributed by atoms with van der Waals surface area (Å²) in [5.74, 6) is 2.12. The molecule has 17 heavy (non-hydrogen) atoms. The van der Waals surface area contributed by atoms with Crippen LogP contribution in [0.5, 0.6) is 11.5 Å². The summed E-state index contributed by atoms with van der Waals surface area (Å²) in [6.45, 7) is 4.31. The zero-order valence-corrected chi connectivity index (χ0v) is 12.4. The van der Waals surface area contributed by atoms with Crippen molar-refractivity contribution in [2.75, 3.05) is 14.2 Å². The maximum atomic E-state index is 6.20. The Bertz CT molecular complexity index is 380. The van der Waals surface area contributed by atoms with Gasteiger partial charge in [0.2, 0.25) is 0 Å². The normalized spacial score (nSPS) is 12.6. The molecule has 0 aliphatic rings. The van der Waals surface area contributed by atoms with Crippen LogP contribution >= 0.6 is 15.9 Å². The molecule has 0 radical (unpaired) electrons. The lowest BCUT2D eigenvalue weighted by atomic mass is 9.97. The van der Waals surface area contributed by atoms with Gasteiger partial charge in [-0.3, -0.25) is 0 Å². The van der Waals surface area contributed by atoms with Crippen LogP contribution in [0.25, 0.3) is 0 Å². The number of methoxy groups -OCH3 is 2. The van der Waals surface area contributed by atoms with Crippen LogP contribution in [-0.4, -0.2) is 14.2 Å². The van der Waals surface area contributed by atoms with Gasteiger partial charge in [0.05, 0.1) is 18.7 Å². The summed E-state index contributed by atoms with van der Waals surface area (Å²) in [5.41, 5.74) is 7.18. The molecule has 0 amide bonds. The van der Waals surface area contributed by atoms with Gasteiger partial charge in [0, 0.05) is 11.6 Å². The van der Waals surface area contributed by atoms with Crippen LogP contribution in [0.4, 0.5) is 0 Å². The second-order valence-corrected chi connectivity index (χ2v) is 5.32. The minimum absolute atomic E-state index is 0.0352. The second-order valence-electron chi connectivity index (χ2n) is 4.46. The van der Waals surface area contributed by atoms with E-state index in [1.807, 2.05) is 12.1 Å². The van der Waals surface area contributed by atoms with E-state index in [-0.39, 0.29) is 6.04 Å². The van der Waals surface area contributed by atoms with Crippen LogP contribution < -0.4 is 15.2 Å². The third-order valence-electron chi connectivity index (χ3n) is 2.63. The average molecular weight is 302 g/mol. The molecule has 0 heterocycles. The molecule has 0 fully saturated rings. The molecule has 0 spiro atoms. The summed E-state index contributed by atoms with van der Waals surface area (Å²) in [5, 5.41) is 0. The number of halogens is 1. The molecule has 2 N–H and O–H groups in total. The lowest BCUT2D eigenvalue weighted by Gasteiger charge is -2.19. The van der Waals surface area contributed by atoms with Crippen LogP contribution in [0.3, 0.4) is 0 Å². The van der Waals surface area contributed by atoms with Crippen molar-refractivity contribution in [3.8, 4) is 11.5 Å². The van der Waals surface area contributed by atoms with Gasteiger partial charge in [-0.2, -0.15) is 0 Å². The second kappa shape index (κ2) is 6.26. The largest absolute Gasteiger partial charge is 0.496 e. The monoisotopic (exact) mass is 301 g/mol. The van der Waals surface area contributed by atoms with Gasteiger partial charge in [-0.05, 0) is 40.4 Å². The molecule has 0 saturated heterocycles. The van der Waals surface area contributed by atoms with Gasteiger partial charge in [0.25, 0.3) is 0 Å². The fourth-order valence-electron chi connectivity index (χ4n) is 1.81. The maximum absolute atomic E-state index is 6.20. The fraction of sp³-hybridized carbons (Fsp3) is 0.538. The quantitative estimate of drug-likeness (QED) is 0.905. The topological polar surface area (TPSA) is 44.5 Å². The summed E-state index contributed by atoms with van der Waals surface area (Å²) < 4.78 is 11.5. The van der Waals surface area contributed by atoms with E-state index < -0.39 is 0 Å². The molecular formula is C13H20BrNO2. The molecule has 96 valence electrons. The van der Waals surface area contributed by atoms with Gasteiger partial charge in [-0.25, -0.2) is 0 Å². The van der Waals surface area contributed by atoms with Crippen LogP contribution in [0.1, 0.15) is 31.9 Å². The van der Waals surface area contributed by atoms with E-state index in [4.69, 9.17) is 15.2 Å². The zero-order valence-electron chi connectivity index (χ0n) is 10.8. The molecule has 1 aromatic rings. The van der Waals surface area contributed by atoms with E-state index in [1.54, 1.807) is 14.2 Å². The molecular weight excluding hydrogens is 282 g/mol. The van der Waals surface area contributed by atoms with Crippen LogP contribution in [0, 0.1) is 5.92 Å². The van der Waals surface area contributed by atoms with Gasteiger partial charge < -0.3 is 15.2 Å². The van der Waals surface area contributed by atoms with Gasteiger partial charge in [0.15, 0.2) is 0 Å². The molecule has 1 aromatic carbocycles. The first-order valence-corrected chi connectivity index (χ1v) is 6.45. The van der Waals surface area contributed by atoms with Crippen LogP contribution in [0.15, 0.2) is 16.6 Å². The standard InChI is InChI=1S/C13H20BrNO2/c1-8(2)5-11(15)9-6-13(17-4)10(14)7-12(9)16-3/h6-8,11H,5,15H2,1-4H3/t11-/m1/s1. The zero-order chi connectivity index (χ0) is 13.0. The number of benzene rings is 1. The van der Waals surface area contributed by atoms with Crippen molar-refractivity contribution in [2.24, 2.45) is 11.7 Å². The first kappa shape index (κ1) is 14.3. The van der Waals surface area contributed by atoms with E-state index in [9.17, 15) is 0 Å². The average Bonchev–Trinajstić information content (AvgIpc) is 2.27. The van der Waals surface area contributed by atoms with Gasteiger partial charge in [-0.1, -0.05) is 13.8 Å². The first-order valence-electron chi connectivity index (χ1n) is 5.66. The Kier molecular flexibility index (Phi) is 5.28. The van der Waals surface area contributed by atoms with Crippen molar-refractivity contribution in [1.82, 2.24) is 0 Å². The number of hydrogen-bond donors (Lipinski definition) is 1. The van der Waals surface area contributed by atoms with Crippen molar-refractivity contribution in [2.45, 2.75) is 26.3 Å². The number of rotatable bonds is 5. The third-order valence-corrected chi connectivity index (χ3v) is 3.25. The summed E-state index contributed by atoms with van der Waals surface area (Å²) in [7, 11) is 3.30. The van der Waals surface area contributed by atoms with Crippen LogP contribution in [-0.2, 0) is 0 Å². The van der Waals surface area contributed by atoms with E-state index in [0.29, 0.717) is 5.92 Å². The minimum atomic E-state index is -0.0352. The highest BCUT2D eigenvalue weighted by atomic mass is 79.9. The van der Waals surface area contributed by atoms with Crippen molar-refractivity contribution in [3.05, 3.63) is 22.2 Å². The molecule has 4 heteroatoms. The summed E-state index contributed by atoms with van der Waals surface area (Å²) >= 11 is 3.44. The van der Waals surface area contributed by atoms with Crippen molar-refractivity contribution in [1.29, 1.82) is 0 Å². The van der Waals surface area contributed by atoms with E-state index in [0.717, 1.165) is 28.0 Å². The highest BCUT2D eigenvalue weighted by molar-refractivity contribution is 9.10. The Balaban J connectivity index is 3.11. The maximum Gasteiger partial charge on any atom is 0.133 e. The summed E-state index contributed by atoms with van der Waals surface area (Å²) in [6, 6.07) is 3.80. The molecule has 3 nitrogen and oxygen atoms in total. The molecule has 0 aliphatic heterocycles. The summed E-state index contributed by atoms with van der Waals surface area (Å²) in [6.07, 6.45) is 0.918. The number of ether oxygens (including phenoxy) is 2. The predicted octanol–water partition coefficient (Wildman–Crippen LogP) is 3.51. The summed E-state index contributed by atoms with van der Waals surface area (Å²) in [4.78, 5) is 0. The van der Waals surface area contributed by atoms with Gasteiger partial charge >= 0.3 is 0 Å². The molecule has 1 rings (SSSR count). The molecule has 1 atom stereocenters. The lowest BCUT2D eigenvalue weighted by molar-refractivity contribution is 0.388. The predicted molar refractivity (Wildman–Crippen MR) is 73.6 cm³/mol. The Labute approximate surface area is 111 Å². The number of nitrogens with two attached hydrogens (primary N) is 1. The Morgan fingerprint density at radius 1 is 1.18 bits per heavy atom. The van der Waals surface area contributed by atoms with Crippen molar-refractivity contribution in [3.63, 3.8) is 0 Å². The van der Waals surface area contributed by atoms with Crippen LogP contribution in [0.2, 0.25) is 0 Å². The minimum Gasteiger partial charge on any atom is -0.496 e. The lowest BCUT2D eigenvalue weighted by Crippen LogP contribution is -2.14. The first-order chi connectivity index (χ1) is 7.99. The molecule has 0 unspecified atom stereocenters. The Morgan fingerprint density at radius 2 is 1.76 bits per heavy atom. The SMILES string of the molecule is COc1cc([C@H](N)CC(C)C)c(OC)cc1Br. The molecule has 0 aliphatic carbocycles. The Hall–Kier alpha value is -0.740. The highest BCUT2D eigenvalue weighted by Crippen LogP contribution is 2.36. The van der Waals surface area contributed by atoms with E-state index in [1.165, 1.54) is 0 Å². The smallest absolute Gasteiger partial charge is 0.133 e.